The molecule has 1 aromatic heterocycles. The maximum atomic E-state index is 11.8. The van der Waals surface area contributed by atoms with Crippen LogP contribution in [0.5, 0.6) is 0 Å². The number of nitrogens with one attached hydrogen (secondary N) is 2. The molecule has 1 aromatic rings. The minimum absolute atomic E-state index is 0.150. The number of nitrogens with zero attached hydrogens (tertiary/aromatic N) is 1. The summed E-state index contributed by atoms with van der Waals surface area (Å²) in [6, 6.07) is -0.228. The number of carbonyl (C=O) groups excluding carboxylic acids is 1. The smallest absolute Gasteiger partial charge is 0.321 e. The summed E-state index contributed by atoms with van der Waals surface area (Å²) < 4.78 is 0. The summed E-state index contributed by atoms with van der Waals surface area (Å²) in [6.45, 7) is 6.93. The number of thiazole rings is 1. The predicted molar refractivity (Wildman–Crippen MR) is 83.4 cm³/mol. The summed E-state index contributed by atoms with van der Waals surface area (Å²) in [4.78, 5) is 17.5. The van der Waals surface area contributed by atoms with Crippen molar-refractivity contribution in [2.75, 3.05) is 18.5 Å². The first kappa shape index (κ1) is 16.9. The van der Waals surface area contributed by atoms with Crippen molar-refractivity contribution in [2.45, 2.75) is 46.5 Å². The van der Waals surface area contributed by atoms with Gasteiger partial charge in [0.15, 0.2) is 5.13 Å². The molecule has 0 aliphatic rings. The molecule has 0 aliphatic heterocycles. The van der Waals surface area contributed by atoms with Crippen molar-refractivity contribution in [1.82, 2.24) is 10.3 Å². The van der Waals surface area contributed by atoms with Crippen LogP contribution in [0, 0.1) is 5.92 Å². The van der Waals surface area contributed by atoms with Crippen molar-refractivity contribution in [2.24, 2.45) is 5.92 Å². The van der Waals surface area contributed by atoms with Gasteiger partial charge in [-0.15, -0.1) is 11.3 Å². The molecule has 0 radical (unpaired) electrons. The number of aryl methyl sites for hydroxylation is 2. The zero-order chi connectivity index (χ0) is 15.0. The van der Waals surface area contributed by atoms with E-state index in [1.54, 1.807) is 11.3 Å². The molecular weight excluding hydrogens is 274 g/mol. The minimum Gasteiger partial charge on any atom is -0.396 e. The number of hydrogen-bond donors (Lipinski definition) is 3. The van der Waals surface area contributed by atoms with E-state index in [2.05, 4.69) is 29.5 Å². The highest BCUT2D eigenvalue weighted by Crippen LogP contribution is 2.24. The van der Waals surface area contributed by atoms with Crippen molar-refractivity contribution in [3.63, 3.8) is 0 Å². The summed E-state index contributed by atoms with van der Waals surface area (Å²) in [5.74, 6) is 0.268. The number of aliphatic hydroxyl groups is 1. The van der Waals surface area contributed by atoms with E-state index in [-0.39, 0.29) is 18.6 Å². The summed E-state index contributed by atoms with van der Waals surface area (Å²) in [5.41, 5.74) is 1.10. The lowest BCUT2D eigenvalue weighted by Crippen LogP contribution is -2.32. The first-order valence-corrected chi connectivity index (χ1v) is 8.06. The normalized spacial score (nSPS) is 12.2. The average molecular weight is 299 g/mol. The monoisotopic (exact) mass is 299 g/mol. The van der Waals surface area contributed by atoms with Gasteiger partial charge in [0.2, 0.25) is 0 Å². The molecule has 0 bridgehead atoms. The molecule has 0 aromatic carbocycles. The predicted octanol–water partition coefficient (Wildman–Crippen LogP) is 2.80. The van der Waals surface area contributed by atoms with Crippen molar-refractivity contribution in [1.29, 1.82) is 0 Å². The zero-order valence-electron chi connectivity index (χ0n) is 12.5. The van der Waals surface area contributed by atoms with Gasteiger partial charge in [-0.05, 0) is 25.2 Å². The fraction of sp³-hybridized carbons (Fsp3) is 0.714. The van der Waals surface area contributed by atoms with Gasteiger partial charge in [-0.1, -0.05) is 27.2 Å². The Hall–Kier alpha value is -1.14. The van der Waals surface area contributed by atoms with Crippen molar-refractivity contribution < 1.29 is 9.90 Å². The van der Waals surface area contributed by atoms with Gasteiger partial charge in [-0.25, -0.2) is 9.78 Å². The maximum Gasteiger partial charge on any atom is 0.321 e. The molecule has 1 unspecified atom stereocenters. The fourth-order valence-corrected chi connectivity index (χ4v) is 2.82. The van der Waals surface area contributed by atoms with Crippen LogP contribution in [0.3, 0.4) is 0 Å². The van der Waals surface area contributed by atoms with Crippen LogP contribution in [0.1, 0.15) is 44.2 Å². The minimum atomic E-state index is -0.228. The summed E-state index contributed by atoms with van der Waals surface area (Å²) >= 11 is 1.55. The number of amides is 2. The Morgan fingerprint density at radius 3 is 2.80 bits per heavy atom. The molecule has 5 nitrogen and oxygen atoms in total. The van der Waals surface area contributed by atoms with Crippen LogP contribution in [-0.4, -0.2) is 29.3 Å². The van der Waals surface area contributed by atoms with Gasteiger partial charge >= 0.3 is 6.03 Å². The van der Waals surface area contributed by atoms with Crippen molar-refractivity contribution in [3.8, 4) is 0 Å². The van der Waals surface area contributed by atoms with Crippen molar-refractivity contribution >= 4 is 22.5 Å². The number of anilines is 1. The quantitative estimate of drug-likeness (QED) is 0.691. The van der Waals surface area contributed by atoms with E-state index in [1.165, 1.54) is 4.88 Å². The van der Waals surface area contributed by atoms with Crippen LogP contribution >= 0.6 is 11.3 Å². The molecule has 20 heavy (non-hydrogen) atoms. The van der Waals surface area contributed by atoms with E-state index in [9.17, 15) is 4.79 Å². The van der Waals surface area contributed by atoms with Crippen LogP contribution in [0.25, 0.3) is 0 Å². The topological polar surface area (TPSA) is 74.2 Å². The molecule has 1 heterocycles. The lowest BCUT2D eigenvalue weighted by molar-refractivity contribution is 0.243. The molecule has 114 valence electrons. The molecule has 0 saturated heterocycles. The van der Waals surface area contributed by atoms with E-state index in [0.29, 0.717) is 18.1 Å². The SMILES string of the molecule is CCCc1nc(NC(=O)NCC(C)CCO)sc1CC. The van der Waals surface area contributed by atoms with Gasteiger partial charge in [0.1, 0.15) is 0 Å². The summed E-state index contributed by atoms with van der Waals surface area (Å²) in [5, 5.41) is 15.1. The molecule has 1 rings (SSSR count). The first-order chi connectivity index (χ1) is 9.60. The molecule has 0 spiro atoms. The number of urea groups is 1. The second-order valence-corrected chi connectivity index (χ2v) is 6.03. The lowest BCUT2D eigenvalue weighted by Gasteiger charge is -2.10. The zero-order valence-corrected chi connectivity index (χ0v) is 13.3. The van der Waals surface area contributed by atoms with Crippen LogP contribution < -0.4 is 10.6 Å². The van der Waals surface area contributed by atoms with Gasteiger partial charge in [-0.2, -0.15) is 0 Å². The van der Waals surface area contributed by atoms with Crippen LogP contribution in [0.2, 0.25) is 0 Å². The van der Waals surface area contributed by atoms with Gasteiger partial charge in [-0.3, -0.25) is 5.32 Å². The molecule has 6 heteroatoms. The summed E-state index contributed by atoms with van der Waals surface area (Å²) in [6.07, 6.45) is 3.65. The Morgan fingerprint density at radius 1 is 1.45 bits per heavy atom. The van der Waals surface area contributed by atoms with Crippen LogP contribution in [-0.2, 0) is 12.8 Å². The second kappa shape index (κ2) is 8.92. The van der Waals surface area contributed by atoms with E-state index < -0.39 is 0 Å². The molecular formula is C14H25N3O2S. The third-order valence-electron chi connectivity index (χ3n) is 3.04. The molecule has 2 amide bonds. The molecule has 3 N–H and O–H groups in total. The Labute approximate surface area is 124 Å². The maximum absolute atomic E-state index is 11.8. The first-order valence-electron chi connectivity index (χ1n) is 7.24. The highest BCUT2D eigenvalue weighted by molar-refractivity contribution is 7.15. The fourth-order valence-electron chi connectivity index (χ4n) is 1.88. The number of carbonyl (C=O) groups is 1. The molecule has 0 fully saturated rings. The van der Waals surface area contributed by atoms with E-state index in [4.69, 9.17) is 5.11 Å². The number of rotatable bonds is 8. The van der Waals surface area contributed by atoms with Crippen LogP contribution in [0.15, 0.2) is 0 Å². The van der Waals surface area contributed by atoms with Crippen LogP contribution in [0.4, 0.5) is 9.93 Å². The number of aromatic nitrogens is 1. The Balaban J connectivity index is 2.49. The van der Waals surface area contributed by atoms with Gasteiger partial charge in [0, 0.05) is 18.0 Å². The highest BCUT2D eigenvalue weighted by atomic mass is 32.1. The van der Waals surface area contributed by atoms with E-state index in [0.717, 1.165) is 25.0 Å². The lowest BCUT2D eigenvalue weighted by atomic mass is 10.1. The standard InChI is InChI=1S/C14H25N3O2S/c1-4-6-11-12(5-2)20-14(16-11)17-13(19)15-9-10(3)7-8-18/h10,18H,4-9H2,1-3H3,(H2,15,16,17,19). The molecule has 1 atom stereocenters. The van der Waals surface area contributed by atoms with Gasteiger partial charge in [0.05, 0.1) is 5.69 Å². The third-order valence-corrected chi connectivity index (χ3v) is 4.20. The molecule has 0 aliphatic carbocycles. The number of aliphatic hydroxyl groups excluding tert-OH is 1. The summed E-state index contributed by atoms with van der Waals surface area (Å²) in [7, 11) is 0. The Bertz CT molecular complexity index is 421. The Morgan fingerprint density at radius 2 is 2.20 bits per heavy atom. The third kappa shape index (κ3) is 5.46. The Kier molecular flexibility index (Phi) is 7.54. The molecule has 0 saturated carbocycles. The largest absolute Gasteiger partial charge is 0.396 e. The second-order valence-electron chi connectivity index (χ2n) is 4.94. The van der Waals surface area contributed by atoms with Crippen molar-refractivity contribution in [3.05, 3.63) is 10.6 Å². The highest BCUT2D eigenvalue weighted by Gasteiger charge is 2.11. The van der Waals surface area contributed by atoms with E-state index >= 15 is 0 Å². The van der Waals surface area contributed by atoms with Gasteiger partial charge < -0.3 is 10.4 Å². The number of hydrogen-bond acceptors (Lipinski definition) is 4. The van der Waals surface area contributed by atoms with Gasteiger partial charge in [0.25, 0.3) is 0 Å². The average Bonchev–Trinajstić information content (AvgIpc) is 2.79. The van der Waals surface area contributed by atoms with E-state index in [1.807, 2.05) is 6.92 Å².